The van der Waals surface area contributed by atoms with Crippen molar-refractivity contribution in [2.75, 3.05) is 5.32 Å². The Kier molecular flexibility index (Phi) is 7.14. The standard InChI is InChI=1S/C26H25F3N4O3/c1-3-14-32-23(31-22-9-5-4-8-21(22)24(32)34)17(2)33(16-20-7-6-15-36-20)25(35)30-19-12-10-18(11-13-19)26(27,28)29/h4-13,15,17H,3,14,16H2,1-2H3,(H,30,35). The third-order valence-corrected chi connectivity index (χ3v) is 5.81. The van der Waals surface area contributed by atoms with Gasteiger partial charge in [0.1, 0.15) is 11.6 Å². The van der Waals surface area contributed by atoms with Crippen molar-refractivity contribution in [2.24, 2.45) is 0 Å². The topological polar surface area (TPSA) is 80.4 Å². The van der Waals surface area contributed by atoms with E-state index in [1.54, 1.807) is 47.9 Å². The summed E-state index contributed by atoms with van der Waals surface area (Å²) in [6.07, 6.45) is -2.32. The Morgan fingerprint density at radius 2 is 1.83 bits per heavy atom. The first-order chi connectivity index (χ1) is 17.2. The molecular weight excluding hydrogens is 473 g/mol. The zero-order chi connectivity index (χ0) is 25.9. The molecule has 2 aromatic heterocycles. The maximum Gasteiger partial charge on any atom is 0.416 e. The number of furan rings is 1. The smallest absolute Gasteiger partial charge is 0.416 e. The van der Waals surface area contributed by atoms with Crippen molar-refractivity contribution in [2.45, 2.75) is 45.6 Å². The Balaban J connectivity index is 1.71. The molecule has 0 saturated heterocycles. The van der Waals surface area contributed by atoms with Gasteiger partial charge < -0.3 is 14.6 Å². The molecule has 0 bridgehead atoms. The van der Waals surface area contributed by atoms with Crippen molar-refractivity contribution in [1.82, 2.24) is 14.5 Å². The molecule has 36 heavy (non-hydrogen) atoms. The monoisotopic (exact) mass is 498 g/mol. The summed E-state index contributed by atoms with van der Waals surface area (Å²) in [5.74, 6) is 0.893. The molecule has 10 heteroatoms. The average Bonchev–Trinajstić information content (AvgIpc) is 3.37. The predicted molar refractivity (Wildman–Crippen MR) is 129 cm³/mol. The lowest BCUT2D eigenvalue weighted by atomic mass is 10.2. The third kappa shape index (κ3) is 5.27. The summed E-state index contributed by atoms with van der Waals surface area (Å²) in [4.78, 5) is 32.8. The van der Waals surface area contributed by atoms with E-state index in [-0.39, 0.29) is 17.8 Å². The fourth-order valence-electron chi connectivity index (χ4n) is 3.98. The number of nitrogens with one attached hydrogen (secondary N) is 1. The van der Waals surface area contributed by atoms with Crippen molar-refractivity contribution in [3.8, 4) is 0 Å². The number of alkyl halides is 3. The Hall–Kier alpha value is -4.08. The molecule has 1 atom stereocenters. The second-order valence-corrected chi connectivity index (χ2v) is 8.33. The number of aromatic nitrogens is 2. The molecule has 1 N–H and O–H groups in total. The summed E-state index contributed by atoms with van der Waals surface area (Å²) in [6, 6.07) is 13.3. The fraction of sp³-hybridized carbons (Fsp3) is 0.269. The van der Waals surface area contributed by atoms with Gasteiger partial charge in [0.25, 0.3) is 5.56 Å². The van der Waals surface area contributed by atoms with E-state index >= 15 is 0 Å². The number of benzene rings is 2. The number of carbonyl (C=O) groups excluding carboxylic acids is 1. The maximum atomic E-state index is 13.4. The molecular formula is C26H25F3N4O3. The highest BCUT2D eigenvalue weighted by Gasteiger charge is 2.31. The molecule has 2 heterocycles. The summed E-state index contributed by atoms with van der Waals surface area (Å²) in [7, 11) is 0. The molecule has 0 aliphatic rings. The van der Waals surface area contributed by atoms with Gasteiger partial charge in [-0.25, -0.2) is 9.78 Å². The predicted octanol–water partition coefficient (Wildman–Crippen LogP) is 6.21. The molecule has 0 saturated carbocycles. The zero-order valence-electron chi connectivity index (χ0n) is 19.7. The molecule has 2 amide bonds. The summed E-state index contributed by atoms with van der Waals surface area (Å²) in [5, 5.41) is 3.13. The summed E-state index contributed by atoms with van der Waals surface area (Å²) < 4.78 is 45.8. The largest absolute Gasteiger partial charge is 0.467 e. The highest BCUT2D eigenvalue weighted by molar-refractivity contribution is 5.89. The molecule has 0 radical (unpaired) electrons. The number of amides is 2. The van der Waals surface area contributed by atoms with Gasteiger partial charge in [-0.1, -0.05) is 19.1 Å². The van der Waals surface area contributed by atoms with Crippen molar-refractivity contribution in [3.05, 3.63) is 94.4 Å². The van der Waals surface area contributed by atoms with Gasteiger partial charge in [0, 0.05) is 12.2 Å². The molecule has 4 rings (SSSR count). The lowest BCUT2D eigenvalue weighted by molar-refractivity contribution is -0.137. The minimum atomic E-state index is -4.48. The van der Waals surface area contributed by atoms with Crippen LogP contribution in [-0.4, -0.2) is 20.5 Å². The summed E-state index contributed by atoms with van der Waals surface area (Å²) in [5.41, 5.74) is -0.310. The number of urea groups is 1. The molecule has 4 aromatic rings. The van der Waals surface area contributed by atoms with E-state index in [0.29, 0.717) is 35.5 Å². The first-order valence-electron chi connectivity index (χ1n) is 11.5. The second-order valence-electron chi connectivity index (χ2n) is 8.33. The number of hydrogen-bond donors (Lipinski definition) is 1. The van der Waals surface area contributed by atoms with E-state index in [1.165, 1.54) is 23.3 Å². The van der Waals surface area contributed by atoms with Gasteiger partial charge in [0.05, 0.1) is 35.3 Å². The van der Waals surface area contributed by atoms with Crippen LogP contribution >= 0.6 is 0 Å². The minimum absolute atomic E-state index is 0.0510. The lowest BCUT2D eigenvalue weighted by Crippen LogP contribution is -2.39. The van der Waals surface area contributed by atoms with E-state index in [2.05, 4.69) is 5.32 Å². The van der Waals surface area contributed by atoms with Gasteiger partial charge in [-0.3, -0.25) is 9.36 Å². The van der Waals surface area contributed by atoms with E-state index in [9.17, 15) is 22.8 Å². The average molecular weight is 499 g/mol. The van der Waals surface area contributed by atoms with Crippen LogP contribution < -0.4 is 10.9 Å². The number of para-hydroxylation sites is 1. The normalized spacial score (nSPS) is 12.5. The van der Waals surface area contributed by atoms with Crippen molar-refractivity contribution in [3.63, 3.8) is 0 Å². The first kappa shape index (κ1) is 25.0. The highest BCUT2D eigenvalue weighted by atomic mass is 19.4. The van der Waals surface area contributed by atoms with Crippen LogP contribution in [0.1, 0.15) is 43.5 Å². The van der Waals surface area contributed by atoms with Crippen LogP contribution in [0.25, 0.3) is 10.9 Å². The van der Waals surface area contributed by atoms with Crippen LogP contribution in [0.5, 0.6) is 0 Å². The summed E-state index contributed by atoms with van der Waals surface area (Å²) >= 11 is 0. The van der Waals surface area contributed by atoms with E-state index < -0.39 is 23.8 Å². The second kappa shape index (κ2) is 10.3. The zero-order valence-corrected chi connectivity index (χ0v) is 19.7. The Morgan fingerprint density at radius 3 is 2.47 bits per heavy atom. The number of rotatable bonds is 7. The maximum absolute atomic E-state index is 13.4. The van der Waals surface area contributed by atoms with Crippen molar-refractivity contribution < 1.29 is 22.4 Å². The number of anilines is 1. The van der Waals surface area contributed by atoms with E-state index in [1.807, 2.05) is 6.92 Å². The van der Waals surface area contributed by atoms with Crippen LogP contribution in [0, 0.1) is 0 Å². The molecule has 0 aliphatic heterocycles. The fourth-order valence-corrected chi connectivity index (χ4v) is 3.98. The van der Waals surface area contributed by atoms with Crippen LogP contribution in [0.15, 0.2) is 76.1 Å². The molecule has 7 nitrogen and oxygen atoms in total. The van der Waals surface area contributed by atoms with Crippen LogP contribution in [-0.2, 0) is 19.3 Å². The quantitative estimate of drug-likeness (QED) is 0.328. The van der Waals surface area contributed by atoms with Gasteiger partial charge in [0.2, 0.25) is 0 Å². The molecule has 0 aliphatic carbocycles. The van der Waals surface area contributed by atoms with Crippen molar-refractivity contribution >= 4 is 22.6 Å². The Labute approximate surface area is 205 Å². The molecule has 0 spiro atoms. The van der Waals surface area contributed by atoms with E-state index in [0.717, 1.165) is 12.1 Å². The van der Waals surface area contributed by atoms with Gasteiger partial charge in [0.15, 0.2) is 0 Å². The molecule has 1 unspecified atom stereocenters. The van der Waals surface area contributed by atoms with Crippen LogP contribution in [0.4, 0.5) is 23.7 Å². The molecule has 188 valence electrons. The number of carbonyl (C=O) groups is 1. The Bertz CT molecular complexity index is 1400. The number of halogens is 3. The van der Waals surface area contributed by atoms with Gasteiger partial charge in [-0.15, -0.1) is 0 Å². The number of hydrogen-bond acceptors (Lipinski definition) is 4. The summed E-state index contributed by atoms with van der Waals surface area (Å²) in [6.45, 7) is 4.15. The van der Waals surface area contributed by atoms with Crippen LogP contribution in [0.2, 0.25) is 0 Å². The number of fused-ring (bicyclic) bond motifs is 1. The van der Waals surface area contributed by atoms with Crippen LogP contribution in [0.3, 0.4) is 0 Å². The van der Waals surface area contributed by atoms with Gasteiger partial charge in [-0.05, 0) is 61.9 Å². The molecule has 0 fully saturated rings. The molecule has 2 aromatic carbocycles. The minimum Gasteiger partial charge on any atom is -0.467 e. The lowest BCUT2D eigenvalue weighted by Gasteiger charge is -2.30. The van der Waals surface area contributed by atoms with Crippen molar-refractivity contribution in [1.29, 1.82) is 0 Å². The first-order valence-corrected chi connectivity index (χ1v) is 11.5. The van der Waals surface area contributed by atoms with E-state index in [4.69, 9.17) is 9.40 Å². The number of nitrogens with zero attached hydrogens (tertiary/aromatic N) is 3. The SMILES string of the molecule is CCCn1c(C(C)N(Cc2ccco2)C(=O)Nc2ccc(C(F)(F)F)cc2)nc2ccccc2c1=O. The third-order valence-electron chi connectivity index (χ3n) is 5.81. The van der Waals surface area contributed by atoms with Gasteiger partial charge >= 0.3 is 12.2 Å². The Morgan fingerprint density at radius 1 is 1.11 bits per heavy atom. The highest BCUT2D eigenvalue weighted by Crippen LogP contribution is 2.30. The van der Waals surface area contributed by atoms with Gasteiger partial charge in [-0.2, -0.15) is 13.2 Å².